The lowest BCUT2D eigenvalue weighted by atomic mass is 10.3. The van der Waals surface area contributed by atoms with E-state index in [9.17, 15) is 0 Å². The fraction of sp³-hybridized carbons (Fsp3) is 0.267. The number of hydrogen-bond donors (Lipinski definition) is 1. The van der Waals surface area contributed by atoms with Gasteiger partial charge in [-0.1, -0.05) is 13.0 Å². The van der Waals surface area contributed by atoms with Gasteiger partial charge in [0.2, 0.25) is 5.82 Å². The molecule has 0 radical (unpaired) electrons. The lowest BCUT2D eigenvalue weighted by molar-refractivity contribution is 0.657. The Labute approximate surface area is 122 Å². The Morgan fingerprint density at radius 3 is 3.05 bits per heavy atom. The second-order valence-corrected chi connectivity index (χ2v) is 4.72. The van der Waals surface area contributed by atoms with Crippen molar-refractivity contribution in [1.29, 1.82) is 5.26 Å². The van der Waals surface area contributed by atoms with Crippen LogP contribution in [0.25, 0.3) is 11.5 Å². The van der Waals surface area contributed by atoms with Crippen molar-refractivity contribution < 1.29 is 0 Å². The number of nitrogens with zero attached hydrogens (tertiary/aromatic N) is 5. The van der Waals surface area contributed by atoms with E-state index in [4.69, 9.17) is 5.26 Å². The van der Waals surface area contributed by atoms with E-state index in [2.05, 4.69) is 28.3 Å². The third-order valence-electron chi connectivity index (χ3n) is 3.30. The van der Waals surface area contributed by atoms with Gasteiger partial charge in [-0.25, -0.2) is 9.97 Å². The molecule has 106 valence electrons. The van der Waals surface area contributed by atoms with Crippen molar-refractivity contribution in [3.8, 4) is 11.9 Å². The van der Waals surface area contributed by atoms with Crippen molar-refractivity contribution >= 4 is 5.65 Å². The fourth-order valence-corrected chi connectivity index (χ4v) is 2.33. The number of nitrogens with one attached hydrogen (secondary N) is 1. The maximum Gasteiger partial charge on any atom is 0.218 e. The van der Waals surface area contributed by atoms with Crippen LogP contribution >= 0.6 is 0 Å². The van der Waals surface area contributed by atoms with Gasteiger partial charge in [-0.05, 0) is 25.1 Å². The van der Waals surface area contributed by atoms with Crippen LogP contribution in [0.3, 0.4) is 0 Å². The van der Waals surface area contributed by atoms with Crippen molar-refractivity contribution in [2.24, 2.45) is 0 Å². The smallest absolute Gasteiger partial charge is 0.218 e. The number of aromatic nitrogens is 4. The average molecular weight is 280 g/mol. The lowest BCUT2D eigenvalue weighted by Gasteiger charge is -2.07. The average Bonchev–Trinajstić information content (AvgIpc) is 3.11. The van der Waals surface area contributed by atoms with E-state index in [1.54, 1.807) is 17.0 Å². The van der Waals surface area contributed by atoms with E-state index in [0.29, 0.717) is 12.4 Å². The highest BCUT2D eigenvalue weighted by Gasteiger charge is 2.15. The summed E-state index contributed by atoms with van der Waals surface area (Å²) in [6, 6.07) is 7.98. The van der Waals surface area contributed by atoms with Crippen LogP contribution in [0.5, 0.6) is 0 Å². The first kappa shape index (κ1) is 13.3. The Hall–Kier alpha value is -2.65. The minimum Gasteiger partial charge on any atom is -0.311 e. The molecule has 21 heavy (non-hydrogen) atoms. The molecule has 0 saturated carbocycles. The van der Waals surface area contributed by atoms with Crippen molar-refractivity contribution in [2.45, 2.75) is 19.9 Å². The van der Waals surface area contributed by atoms with Crippen LogP contribution in [0.15, 0.2) is 36.8 Å². The standard InChI is InChI=1S/C15H16N6/c1-2-6-17-11-12-15(21-9-7-18-14(21)10-16)19-13-5-3-4-8-20(12)13/h3-5,7-9,17H,2,6,11H2,1H3. The maximum atomic E-state index is 9.16. The molecule has 0 fully saturated rings. The molecule has 0 aliphatic carbocycles. The second-order valence-electron chi connectivity index (χ2n) is 4.72. The minimum atomic E-state index is 0.343. The van der Waals surface area contributed by atoms with Crippen LogP contribution < -0.4 is 5.32 Å². The number of imidazole rings is 2. The summed E-state index contributed by atoms with van der Waals surface area (Å²) in [5, 5.41) is 12.6. The molecule has 0 aromatic carbocycles. The molecule has 0 spiro atoms. The van der Waals surface area contributed by atoms with Gasteiger partial charge in [-0.15, -0.1) is 0 Å². The summed E-state index contributed by atoms with van der Waals surface area (Å²) >= 11 is 0. The van der Waals surface area contributed by atoms with Crippen molar-refractivity contribution in [2.75, 3.05) is 6.54 Å². The van der Waals surface area contributed by atoms with Gasteiger partial charge in [-0.2, -0.15) is 5.26 Å². The third-order valence-corrected chi connectivity index (χ3v) is 3.30. The highest BCUT2D eigenvalue weighted by molar-refractivity contribution is 5.49. The molecule has 0 unspecified atom stereocenters. The molecule has 0 aliphatic rings. The summed E-state index contributed by atoms with van der Waals surface area (Å²) in [5.74, 6) is 1.09. The van der Waals surface area contributed by atoms with Gasteiger partial charge in [0.1, 0.15) is 11.7 Å². The number of nitriles is 1. The van der Waals surface area contributed by atoms with Gasteiger partial charge >= 0.3 is 0 Å². The molecule has 0 atom stereocenters. The second kappa shape index (κ2) is 5.77. The first-order valence-corrected chi connectivity index (χ1v) is 6.95. The summed E-state index contributed by atoms with van der Waals surface area (Å²) in [6.07, 6.45) is 6.44. The highest BCUT2D eigenvalue weighted by atomic mass is 15.2. The molecule has 3 aromatic rings. The van der Waals surface area contributed by atoms with E-state index in [-0.39, 0.29) is 0 Å². The lowest BCUT2D eigenvalue weighted by Crippen LogP contribution is -2.17. The molecule has 6 nitrogen and oxygen atoms in total. The van der Waals surface area contributed by atoms with Gasteiger partial charge in [0.15, 0.2) is 5.82 Å². The molecule has 3 heterocycles. The van der Waals surface area contributed by atoms with Gasteiger partial charge in [0, 0.05) is 25.1 Å². The summed E-state index contributed by atoms with van der Waals surface area (Å²) < 4.78 is 3.77. The number of pyridine rings is 1. The topological polar surface area (TPSA) is 70.9 Å². The van der Waals surface area contributed by atoms with Crippen molar-refractivity contribution in [3.63, 3.8) is 0 Å². The van der Waals surface area contributed by atoms with Crippen molar-refractivity contribution in [3.05, 3.63) is 48.3 Å². The summed E-state index contributed by atoms with van der Waals surface area (Å²) in [5.41, 5.74) is 1.88. The zero-order valence-electron chi connectivity index (χ0n) is 11.8. The molecule has 3 aromatic heterocycles. The SMILES string of the molecule is CCCNCc1c(-n2ccnc2C#N)nc2ccccn12. The largest absolute Gasteiger partial charge is 0.311 e. The Balaban J connectivity index is 2.12. The molecular weight excluding hydrogens is 264 g/mol. The Kier molecular flexibility index (Phi) is 3.67. The van der Waals surface area contributed by atoms with Crippen molar-refractivity contribution in [1.82, 2.24) is 24.3 Å². The molecule has 0 aliphatic heterocycles. The van der Waals surface area contributed by atoms with Crippen LogP contribution in [0.2, 0.25) is 0 Å². The molecule has 0 bridgehead atoms. The predicted octanol–water partition coefficient (Wildman–Crippen LogP) is 1.89. The molecular formula is C15H16N6. The molecule has 0 amide bonds. The summed E-state index contributed by atoms with van der Waals surface area (Å²) in [6.45, 7) is 3.76. The molecule has 0 saturated heterocycles. The monoisotopic (exact) mass is 280 g/mol. The van der Waals surface area contributed by atoms with Crippen LogP contribution in [0, 0.1) is 11.3 Å². The highest BCUT2D eigenvalue weighted by Crippen LogP contribution is 2.18. The Bertz CT molecular complexity index is 792. The van der Waals surface area contributed by atoms with E-state index >= 15 is 0 Å². The van der Waals surface area contributed by atoms with Gasteiger partial charge in [0.05, 0.1) is 5.69 Å². The van der Waals surface area contributed by atoms with E-state index in [1.165, 1.54) is 0 Å². The first-order valence-electron chi connectivity index (χ1n) is 6.95. The first-order chi connectivity index (χ1) is 10.3. The number of fused-ring (bicyclic) bond motifs is 1. The predicted molar refractivity (Wildman–Crippen MR) is 79.0 cm³/mol. The van der Waals surface area contributed by atoms with Crippen LogP contribution in [0.1, 0.15) is 24.9 Å². The van der Waals surface area contributed by atoms with Crippen LogP contribution in [-0.4, -0.2) is 25.5 Å². The number of hydrogen-bond acceptors (Lipinski definition) is 4. The number of rotatable bonds is 5. The van der Waals surface area contributed by atoms with E-state index in [1.807, 2.05) is 28.8 Å². The Morgan fingerprint density at radius 1 is 1.33 bits per heavy atom. The van der Waals surface area contributed by atoms with E-state index in [0.717, 1.165) is 30.1 Å². The summed E-state index contributed by atoms with van der Waals surface area (Å²) in [4.78, 5) is 8.69. The quantitative estimate of drug-likeness (QED) is 0.724. The minimum absolute atomic E-state index is 0.343. The maximum absolute atomic E-state index is 9.16. The van der Waals surface area contributed by atoms with Crippen LogP contribution in [-0.2, 0) is 6.54 Å². The van der Waals surface area contributed by atoms with Gasteiger partial charge in [0.25, 0.3) is 0 Å². The van der Waals surface area contributed by atoms with Gasteiger partial charge in [-0.3, -0.25) is 4.57 Å². The third kappa shape index (κ3) is 2.39. The zero-order chi connectivity index (χ0) is 14.7. The summed E-state index contributed by atoms with van der Waals surface area (Å²) in [7, 11) is 0. The fourth-order valence-electron chi connectivity index (χ4n) is 2.33. The van der Waals surface area contributed by atoms with Crippen LogP contribution in [0.4, 0.5) is 0 Å². The Morgan fingerprint density at radius 2 is 2.24 bits per heavy atom. The van der Waals surface area contributed by atoms with E-state index < -0.39 is 0 Å². The molecule has 1 N–H and O–H groups in total. The normalized spacial score (nSPS) is 10.9. The van der Waals surface area contributed by atoms with Gasteiger partial charge < -0.3 is 9.72 Å². The molecule has 6 heteroatoms. The molecule has 3 rings (SSSR count). The zero-order valence-corrected chi connectivity index (χ0v) is 11.8.